The van der Waals surface area contributed by atoms with Crippen molar-refractivity contribution < 1.29 is 13.2 Å². The number of anilines is 1. The maximum absolute atomic E-state index is 13.3. The lowest BCUT2D eigenvalue weighted by atomic mass is 9.97. The summed E-state index contributed by atoms with van der Waals surface area (Å²) in [5.74, 6) is -0.0980. The van der Waals surface area contributed by atoms with Crippen LogP contribution in [0.4, 0.5) is 5.69 Å². The van der Waals surface area contributed by atoms with Gasteiger partial charge in [-0.1, -0.05) is 25.0 Å². The first-order valence-electron chi connectivity index (χ1n) is 12.2. The number of amides is 1. The van der Waals surface area contributed by atoms with Crippen LogP contribution in [0.5, 0.6) is 0 Å². The first kappa shape index (κ1) is 23.5. The molecule has 7 nitrogen and oxygen atoms in total. The highest BCUT2D eigenvalue weighted by molar-refractivity contribution is 7.86. The Morgan fingerprint density at radius 2 is 1.50 bits per heavy atom. The third kappa shape index (κ3) is 4.97. The summed E-state index contributed by atoms with van der Waals surface area (Å²) in [5.41, 5.74) is 3.84. The van der Waals surface area contributed by atoms with Crippen molar-refractivity contribution in [3.8, 4) is 0 Å². The molecule has 0 aliphatic carbocycles. The van der Waals surface area contributed by atoms with Crippen LogP contribution in [0.3, 0.4) is 0 Å². The highest BCUT2D eigenvalue weighted by atomic mass is 32.2. The predicted molar refractivity (Wildman–Crippen MR) is 128 cm³/mol. The molecule has 1 amide bonds. The molecule has 8 heteroatoms. The van der Waals surface area contributed by atoms with Gasteiger partial charge in [0.05, 0.1) is 5.92 Å². The van der Waals surface area contributed by atoms with Gasteiger partial charge >= 0.3 is 0 Å². The molecule has 0 saturated carbocycles. The largest absolute Gasteiger partial charge is 0.368 e. The number of nitrogens with zero attached hydrogens (tertiary/aromatic N) is 4. The number of aryl methyl sites for hydroxylation is 1. The standard InChI is InChI=1S/C24H38N4O3S/c1-20-9-7-11-23(21(20)2)25-15-17-26(18-16-25)24(29)22-10-8-14-28(19-22)32(30,31)27-12-5-3-4-6-13-27/h7,9,11,22H,3-6,8,10,12-19H2,1-2H3/t22-/m1/s1. The molecule has 1 aromatic carbocycles. The van der Waals surface area contributed by atoms with Gasteiger partial charge in [0, 0.05) is 58.0 Å². The Balaban J connectivity index is 1.36. The van der Waals surface area contributed by atoms with Crippen LogP contribution >= 0.6 is 0 Å². The van der Waals surface area contributed by atoms with E-state index in [0.717, 1.165) is 51.6 Å². The van der Waals surface area contributed by atoms with E-state index in [1.807, 2.05) is 4.90 Å². The van der Waals surface area contributed by atoms with E-state index in [2.05, 4.69) is 36.9 Å². The fraction of sp³-hybridized carbons (Fsp3) is 0.708. The number of piperazine rings is 1. The molecule has 3 aliphatic rings. The Labute approximate surface area is 193 Å². The molecule has 3 aliphatic heterocycles. The molecule has 3 saturated heterocycles. The molecule has 1 aromatic rings. The third-order valence-electron chi connectivity index (χ3n) is 7.46. The van der Waals surface area contributed by atoms with E-state index in [9.17, 15) is 13.2 Å². The van der Waals surface area contributed by atoms with Crippen molar-refractivity contribution in [3.63, 3.8) is 0 Å². The maximum Gasteiger partial charge on any atom is 0.281 e. The normalized spacial score (nSPS) is 24.4. The summed E-state index contributed by atoms with van der Waals surface area (Å²) < 4.78 is 29.7. The van der Waals surface area contributed by atoms with Crippen LogP contribution in [0.1, 0.15) is 49.7 Å². The molecule has 0 spiro atoms. The van der Waals surface area contributed by atoms with Crippen LogP contribution < -0.4 is 4.90 Å². The zero-order valence-corrected chi connectivity index (χ0v) is 20.4. The Hall–Kier alpha value is -1.64. The van der Waals surface area contributed by atoms with Crippen molar-refractivity contribution in [3.05, 3.63) is 29.3 Å². The van der Waals surface area contributed by atoms with Crippen LogP contribution in [0.25, 0.3) is 0 Å². The smallest absolute Gasteiger partial charge is 0.281 e. The van der Waals surface area contributed by atoms with Gasteiger partial charge in [0.15, 0.2) is 0 Å². The van der Waals surface area contributed by atoms with Crippen molar-refractivity contribution in [2.24, 2.45) is 5.92 Å². The molecule has 1 atom stereocenters. The van der Waals surface area contributed by atoms with Crippen LogP contribution in [0.15, 0.2) is 18.2 Å². The van der Waals surface area contributed by atoms with Gasteiger partial charge in [0.2, 0.25) is 5.91 Å². The Kier molecular flexibility index (Phi) is 7.42. The fourth-order valence-corrected chi connectivity index (χ4v) is 7.07. The zero-order valence-electron chi connectivity index (χ0n) is 19.6. The number of rotatable bonds is 4. The average molecular weight is 463 g/mol. The van der Waals surface area contributed by atoms with Gasteiger partial charge in [0.1, 0.15) is 0 Å². The van der Waals surface area contributed by atoms with E-state index in [1.165, 1.54) is 16.8 Å². The van der Waals surface area contributed by atoms with Crippen LogP contribution in [0, 0.1) is 19.8 Å². The number of carbonyl (C=O) groups excluding carboxylic acids is 1. The van der Waals surface area contributed by atoms with E-state index in [0.29, 0.717) is 39.3 Å². The first-order valence-corrected chi connectivity index (χ1v) is 13.6. The summed E-state index contributed by atoms with van der Waals surface area (Å²) in [4.78, 5) is 17.6. The van der Waals surface area contributed by atoms with Gasteiger partial charge in [0.25, 0.3) is 10.2 Å². The molecular weight excluding hydrogens is 424 g/mol. The van der Waals surface area contributed by atoms with Gasteiger partial charge in [-0.3, -0.25) is 4.79 Å². The fourth-order valence-electron chi connectivity index (χ4n) is 5.29. The van der Waals surface area contributed by atoms with Gasteiger partial charge in [-0.05, 0) is 56.7 Å². The molecule has 0 bridgehead atoms. The number of benzene rings is 1. The van der Waals surface area contributed by atoms with E-state index in [-0.39, 0.29) is 11.8 Å². The number of carbonyl (C=O) groups is 1. The van der Waals surface area contributed by atoms with Crippen LogP contribution in [-0.4, -0.2) is 80.2 Å². The lowest BCUT2D eigenvalue weighted by Gasteiger charge is -2.40. The summed E-state index contributed by atoms with van der Waals surface area (Å²) in [5, 5.41) is 0. The lowest BCUT2D eigenvalue weighted by Crippen LogP contribution is -2.54. The van der Waals surface area contributed by atoms with Crippen molar-refractivity contribution >= 4 is 21.8 Å². The summed E-state index contributed by atoms with van der Waals surface area (Å²) in [7, 11) is -3.47. The Morgan fingerprint density at radius 1 is 0.844 bits per heavy atom. The maximum atomic E-state index is 13.3. The van der Waals surface area contributed by atoms with Gasteiger partial charge in [-0.25, -0.2) is 0 Å². The summed E-state index contributed by atoms with van der Waals surface area (Å²) in [6, 6.07) is 6.39. The van der Waals surface area contributed by atoms with E-state index in [1.54, 1.807) is 8.61 Å². The highest BCUT2D eigenvalue weighted by Gasteiger charge is 2.37. The lowest BCUT2D eigenvalue weighted by molar-refractivity contribution is -0.137. The topological polar surface area (TPSA) is 64.2 Å². The molecule has 0 radical (unpaired) electrons. The number of hydrogen-bond acceptors (Lipinski definition) is 4. The summed E-state index contributed by atoms with van der Waals surface area (Å²) in [6.07, 6.45) is 5.59. The second-order valence-electron chi connectivity index (χ2n) is 9.55. The van der Waals surface area contributed by atoms with Crippen molar-refractivity contribution in [2.75, 3.05) is 57.3 Å². The molecule has 3 heterocycles. The molecule has 4 rings (SSSR count). The second-order valence-corrected chi connectivity index (χ2v) is 11.5. The zero-order chi connectivity index (χ0) is 22.7. The number of hydrogen-bond donors (Lipinski definition) is 0. The highest BCUT2D eigenvalue weighted by Crippen LogP contribution is 2.27. The predicted octanol–water partition coefficient (Wildman–Crippen LogP) is 2.78. The van der Waals surface area contributed by atoms with Crippen molar-refractivity contribution in [2.45, 2.75) is 52.4 Å². The SMILES string of the molecule is Cc1cccc(N2CCN(C(=O)[C@@H]3CCCN(S(=O)(=O)N4CCCCCC4)C3)CC2)c1C. The Morgan fingerprint density at radius 3 is 2.19 bits per heavy atom. The van der Waals surface area contributed by atoms with Gasteiger partial charge < -0.3 is 9.80 Å². The van der Waals surface area contributed by atoms with Crippen molar-refractivity contribution in [1.29, 1.82) is 0 Å². The second kappa shape index (κ2) is 10.1. The monoisotopic (exact) mass is 462 g/mol. The van der Waals surface area contributed by atoms with Crippen LogP contribution in [0.2, 0.25) is 0 Å². The van der Waals surface area contributed by atoms with Crippen LogP contribution in [-0.2, 0) is 15.0 Å². The van der Waals surface area contributed by atoms with E-state index >= 15 is 0 Å². The minimum absolute atomic E-state index is 0.126. The number of piperidine rings is 1. The minimum atomic E-state index is -3.47. The molecule has 0 unspecified atom stereocenters. The molecule has 178 valence electrons. The van der Waals surface area contributed by atoms with Gasteiger partial charge in [-0.15, -0.1) is 0 Å². The summed E-state index contributed by atoms with van der Waals surface area (Å²) >= 11 is 0. The molecule has 0 aromatic heterocycles. The molecular formula is C24H38N4O3S. The van der Waals surface area contributed by atoms with E-state index < -0.39 is 10.2 Å². The minimum Gasteiger partial charge on any atom is -0.368 e. The molecule has 0 N–H and O–H groups in total. The first-order chi connectivity index (χ1) is 15.4. The molecule has 32 heavy (non-hydrogen) atoms. The van der Waals surface area contributed by atoms with Gasteiger partial charge in [-0.2, -0.15) is 17.0 Å². The third-order valence-corrected chi connectivity index (χ3v) is 9.46. The Bertz CT molecular complexity index is 904. The van der Waals surface area contributed by atoms with E-state index in [4.69, 9.17) is 0 Å². The van der Waals surface area contributed by atoms with Crippen molar-refractivity contribution in [1.82, 2.24) is 13.5 Å². The molecule has 3 fully saturated rings. The average Bonchev–Trinajstić information content (AvgIpc) is 3.11. The quantitative estimate of drug-likeness (QED) is 0.690. The summed E-state index contributed by atoms with van der Waals surface area (Å²) in [6.45, 7) is 9.39.